The average molecular weight is 273 g/mol. The third-order valence-corrected chi connectivity index (χ3v) is 4.29. The second-order valence-electron chi connectivity index (χ2n) is 5.90. The van der Waals surface area contributed by atoms with Crippen LogP contribution in [0.4, 0.5) is 0 Å². The van der Waals surface area contributed by atoms with Crippen molar-refractivity contribution >= 4 is 5.65 Å². The first-order valence-electron chi connectivity index (χ1n) is 7.44. The second-order valence-corrected chi connectivity index (χ2v) is 5.90. The Kier molecular flexibility index (Phi) is 3.66. The van der Waals surface area contributed by atoms with Gasteiger partial charge in [0.15, 0.2) is 11.4 Å². The van der Waals surface area contributed by atoms with E-state index in [1.165, 1.54) is 25.1 Å². The lowest BCUT2D eigenvalue weighted by Gasteiger charge is -2.34. The molecule has 0 radical (unpaired) electrons. The molecule has 1 atom stereocenters. The van der Waals surface area contributed by atoms with Gasteiger partial charge in [-0.15, -0.1) is 0 Å². The van der Waals surface area contributed by atoms with Crippen molar-refractivity contribution in [3.63, 3.8) is 0 Å². The van der Waals surface area contributed by atoms with E-state index in [9.17, 15) is 0 Å². The van der Waals surface area contributed by atoms with Crippen LogP contribution < -0.4 is 4.74 Å². The van der Waals surface area contributed by atoms with Crippen molar-refractivity contribution in [2.24, 2.45) is 0 Å². The fraction of sp³-hybridized carbons (Fsp3) is 0.562. The SMILES string of the molecule is COc1cccn2cc(C3CCCN(C(C)C)C3)nc12. The topological polar surface area (TPSA) is 29.8 Å². The molecular formula is C16H23N3O. The highest BCUT2D eigenvalue weighted by Crippen LogP contribution is 2.29. The molecule has 1 aliphatic heterocycles. The average Bonchev–Trinajstić information content (AvgIpc) is 2.91. The van der Waals surface area contributed by atoms with Crippen LogP contribution in [0, 0.1) is 0 Å². The third-order valence-electron chi connectivity index (χ3n) is 4.29. The molecular weight excluding hydrogens is 250 g/mol. The van der Waals surface area contributed by atoms with E-state index in [1.807, 2.05) is 18.3 Å². The van der Waals surface area contributed by atoms with Crippen LogP contribution in [-0.4, -0.2) is 40.5 Å². The standard InChI is InChI=1S/C16H23N3O/c1-12(2)18-8-4-6-13(10-18)14-11-19-9-5-7-15(20-3)16(19)17-14/h5,7,9,11-13H,4,6,8,10H2,1-3H3. The van der Waals surface area contributed by atoms with Gasteiger partial charge in [0.25, 0.3) is 0 Å². The number of rotatable bonds is 3. The van der Waals surface area contributed by atoms with Gasteiger partial charge in [0.1, 0.15) is 0 Å². The van der Waals surface area contributed by atoms with E-state index < -0.39 is 0 Å². The molecule has 1 fully saturated rings. The maximum absolute atomic E-state index is 5.39. The van der Waals surface area contributed by atoms with Gasteiger partial charge in [0.05, 0.1) is 12.8 Å². The molecule has 20 heavy (non-hydrogen) atoms. The van der Waals surface area contributed by atoms with E-state index in [2.05, 4.69) is 29.3 Å². The number of aromatic nitrogens is 2. The number of piperidine rings is 1. The molecule has 0 N–H and O–H groups in total. The summed E-state index contributed by atoms with van der Waals surface area (Å²) >= 11 is 0. The highest BCUT2D eigenvalue weighted by molar-refractivity contribution is 5.54. The first-order valence-corrected chi connectivity index (χ1v) is 7.44. The molecule has 1 aliphatic rings. The molecule has 2 aromatic heterocycles. The zero-order valence-electron chi connectivity index (χ0n) is 12.5. The van der Waals surface area contributed by atoms with E-state index in [4.69, 9.17) is 9.72 Å². The summed E-state index contributed by atoms with van der Waals surface area (Å²) in [6.07, 6.45) is 6.69. The van der Waals surface area contributed by atoms with Gasteiger partial charge in [-0.25, -0.2) is 4.98 Å². The number of fused-ring (bicyclic) bond motifs is 1. The molecule has 4 nitrogen and oxygen atoms in total. The quantitative estimate of drug-likeness (QED) is 0.861. The van der Waals surface area contributed by atoms with Crippen LogP contribution in [0.1, 0.15) is 38.3 Å². The molecule has 4 heteroatoms. The Balaban J connectivity index is 1.90. The lowest BCUT2D eigenvalue weighted by molar-refractivity contribution is 0.166. The van der Waals surface area contributed by atoms with Crippen LogP contribution in [-0.2, 0) is 0 Å². The van der Waals surface area contributed by atoms with Crippen molar-refractivity contribution in [1.82, 2.24) is 14.3 Å². The normalized spacial score (nSPS) is 20.7. The van der Waals surface area contributed by atoms with Gasteiger partial charge in [-0.1, -0.05) is 0 Å². The van der Waals surface area contributed by atoms with Gasteiger partial charge in [-0.3, -0.25) is 0 Å². The lowest BCUT2D eigenvalue weighted by Crippen LogP contribution is -2.39. The Labute approximate surface area is 120 Å². The molecule has 108 valence electrons. The molecule has 3 rings (SSSR count). The van der Waals surface area contributed by atoms with Crippen molar-refractivity contribution in [1.29, 1.82) is 0 Å². The van der Waals surface area contributed by atoms with Crippen LogP contribution in [0.3, 0.4) is 0 Å². The summed E-state index contributed by atoms with van der Waals surface area (Å²) < 4.78 is 7.47. The Hall–Kier alpha value is -1.55. The van der Waals surface area contributed by atoms with Crippen LogP contribution in [0.25, 0.3) is 5.65 Å². The number of methoxy groups -OCH3 is 1. The van der Waals surface area contributed by atoms with Gasteiger partial charge in [0.2, 0.25) is 0 Å². The largest absolute Gasteiger partial charge is 0.493 e. The van der Waals surface area contributed by atoms with E-state index in [-0.39, 0.29) is 0 Å². The summed E-state index contributed by atoms with van der Waals surface area (Å²) in [6.45, 7) is 6.87. The van der Waals surface area contributed by atoms with Crippen molar-refractivity contribution in [2.45, 2.75) is 38.6 Å². The van der Waals surface area contributed by atoms with Crippen molar-refractivity contribution in [3.8, 4) is 5.75 Å². The highest BCUT2D eigenvalue weighted by Gasteiger charge is 2.25. The maximum Gasteiger partial charge on any atom is 0.179 e. The predicted octanol–water partition coefficient (Wildman–Crippen LogP) is 2.93. The van der Waals surface area contributed by atoms with Crippen LogP contribution in [0.15, 0.2) is 24.5 Å². The van der Waals surface area contributed by atoms with Crippen LogP contribution in [0.2, 0.25) is 0 Å². The van der Waals surface area contributed by atoms with E-state index in [1.54, 1.807) is 7.11 Å². The van der Waals surface area contributed by atoms with Crippen molar-refractivity contribution in [2.75, 3.05) is 20.2 Å². The van der Waals surface area contributed by atoms with Gasteiger partial charge >= 0.3 is 0 Å². The number of ether oxygens (including phenoxy) is 1. The predicted molar refractivity (Wildman–Crippen MR) is 80.4 cm³/mol. The zero-order chi connectivity index (χ0) is 14.1. The second kappa shape index (κ2) is 5.44. The Morgan fingerprint density at radius 1 is 1.40 bits per heavy atom. The van der Waals surface area contributed by atoms with Gasteiger partial charge in [0, 0.05) is 30.9 Å². The van der Waals surface area contributed by atoms with Crippen LogP contribution in [0.5, 0.6) is 5.75 Å². The molecule has 0 amide bonds. The van der Waals surface area contributed by atoms with E-state index in [0.29, 0.717) is 12.0 Å². The highest BCUT2D eigenvalue weighted by atomic mass is 16.5. The van der Waals surface area contributed by atoms with Gasteiger partial charge < -0.3 is 14.0 Å². The summed E-state index contributed by atoms with van der Waals surface area (Å²) in [5, 5.41) is 0. The number of hydrogen-bond acceptors (Lipinski definition) is 3. The summed E-state index contributed by atoms with van der Waals surface area (Å²) in [5.41, 5.74) is 2.12. The van der Waals surface area contributed by atoms with Gasteiger partial charge in [-0.05, 0) is 45.4 Å². The Bertz CT molecular complexity index is 590. The minimum absolute atomic E-state index is 0.538. The monoisotopic (exact) mass is 273 g/mol. The number of hydrogen-bond donors (Lipinski definition) is 0. The maximum atomic E-state index is 5.39. The zero-order valence-corrected chi connectivity index (χ0v) is 12.5. The molecule has 3 heterocycles. The summed E-state index contributed by atoms with van der Waals surface area (Å²) in [6, 6.07) is 4.58. The fourth-order valence-electron chi connectivity index (χ4n) is 3.08. The molecule has 1 saturated heterocycles. The molecule has 2 aromatic rings. The summed E-state index contributed by atoms with van der Waals surface area (Å²) in [4.78, 5) is 7.36. The molecule has 0 aromatic carbocycles. The minimum Gasteiger partial charge on any atom is -0.493 e. The number of imidazole rings is 1. The summed E-state index contributed by atoms with van der Waals surface area (Å²) in [5.74, 6) is 1.38. The molecule has 0 saturated carbocycles. The van der Waals surface area contributed by atoms with E-state index >= 15 is 0 Å². The third kappa shape index (κ3) is 2.40. The number of nitrogens with zero attached hydrogens (tertiary/aromatic N) is 3. The van der Waals surface area contributed by atoms with Crippen LogP contribution >= 0.6 is 0 Å². The first-order chi connectivity index (χ1) is 9.69. The molecule has 0 aliphatic carbocycles. The summed E-state index contributed by atoms with van der Waals surface area (Å²) in [7, 11) is 1.70. The van der Waals surface area contributed by atoms with Gasteiger partial charge in [-0.2, -0.15) is 0 Å². The number of pyridine rings is 1. The molecule has 0 bridgehead atoms. The van der Waals surface area contributed by atoms with E-state index in [0.717, 1.165) is 17.9 Å². The Morgan fingerprint density at radius 2 is 2.25 bits per heavy atom. The van der Waals surface area contributed by atoms with Crippen molar-refractivity contribution < 1.29 is 4.74 Å². The minimum atomic E-state index is 0.538. The lowest BCUT2D eigenvalue weighted by atomic mass is 9.94. The fourth-order valence-corrected chi connectivity index (χ4v) is 3.08. The number of likely N-dealkylation sites (tertiary alicyclic amines) is 1. The Morgan fingerprint density at radius 3 is 3.00 bits per heavy atom. The smallest absolute Gasteiger partial charge is 0.179 e. The molecule has 0 spiro atoms. The first kappa shape index (κ1) is 13.4. The van der Waals surface area contributed by atoms with Crippen molar-refractivity contribution in [3.05, 3.63) is 30.2 Å². The molecule has 1 unspecified atom stereocenters.